The topological polar surface area (TPSA) is 63.7 Å². The molecule has 2 aromatic rings. The molecule has 1 aromatic carbocycles. The molecule has 0 N–H and O–H groups in total. The van der Waals surface area contributed by atoms with E-state index < -0.39 is 0 Å². The van der Waals surface area contributed by atoms with Crippen molar-refractivity contribution in [1.82, 2.24) is 14.8 Å². The van der Waals surface area contributed by atoms with Gasteiger partial charge in [0.25, 0.3) is 0 Å². The number of para-hydroxylation sites is 1. The van der Waals surface area contributed by atoms with E-state index in [0.29, 0.717) is 23.8 Å². The number of hydrogen-bond acceptors (Lipinski definition) is 4. The Hall–Kier alpha value is -2.35. The zero-order valence-electron chi connectivity index (χ0n) is 11.1. The van der Waals surface area contributed by atoms with Crippen molar-refractivity contribution < 1.29 is 4.74 Å². The Morgan fingerprint density at radius 2 is 2.16 bits per heavy atom. The number of rotatable bonds is 5. The van der Waals surface area contributed by atoms with Gasteiger partial charge in [-0.1, -0.05) is 26.0 Å². The molecule has 19 heavy (non-hydrogen) atoms. The lowest BCUT2D eigenvalue weighted by Gasteiger charge is -2.10. The van der Waals surface area contributed by atoms with Crippen molar-refractivity contribution in [1.29, 1.82) is 5.26 Å². The molecule has 0 fully saturated rings. The van der Waals surface area contributed by atoms with Gasteiger partial charge >= 0.3 is 0 Å². The number of nitriles is 1. The minimum Gasteiger partial charge on any atom is -0.484 e. The summed E-state index contributed by atoms with van der Waals surface area (Å²) in [5, 5.41) is 13.2. The Bertz CT molecular complexity index is 583. The van der Waals surface area contributed by atoms with Gasteiger partial charge in [0.05, 0.1) is 5.56 Å². The van der Waals surface area contributed by atoms with Gasteiger partial charge in [-0.05, 0) is 18.1 Å². The van der Waals surface area contributed by atoms with Crippen LogP contribution in [0.2, 0.25) is 0 Å². The molecule has 0 atom stereocenters. The largest absolute Gasteiger partial charge is 0.484 e. The highest BCUT2D eigenvalue weighted by molar-refractivity contribution is 5.42. The van der Waals surface area contributed by atoms with Gasteiger partial charge in [0.1, 0.15) is 24.8 Å². The first-order valence-corrected chi connectivity index (χ1v) is 6.19. The van der Waals surface area contributed by atoms with Crippen LogP contribution >= 0.6 is 0 Å². The lowest BCUT2D eigenvalue weighted by atomic mass is 10.2. The first-order valence-electron chi connectivity index (χ1n) is 6.19. The van der Waals surface area contributed by atoms with Crippen LogP contribution in [0.3, 0.4) is 0 Å². The third-order valence-corrected chi connectivity index (χ3v) is 2.60. The van der Waals surface area contributed by atoms with Crippen LogP contribution in [0.4, 0.5) is 0 Å². The van der Waals surface area contributed by atoms with E-state index in [0.717, 1.165) is 12.4 Å². The predicted molar refractivity (Wildman–Crippen MR) is 70.3 cm³/mol. The third-order valence-electron chi connectivity index (χ3n) is 2.60. The third kappa shape index (κ3) is 3.32. The maximum Gasteiger partial charge on any atom is 0.164 e. The molecule has 0 aliphatic heterocycles. The highest BCUT2D eigenvalue weighted by Crippen LogP contribution is 2.17. The Morgan fingerprint density at radius 1 is 1.37 bits per heavy atom. The fraction of sp³-hybridized carbons (Fsp3) is 0.357. The molecule has 2 rings (SSSR count). The molecule has 0 unspecified atom stereocenters. The molecular weight excluding hydrogens is 240 g/mol. The van der Waals surface area contributed by atoms with Gasteiger partial charge in [0, 0.05) is 6.54 Å². The van der Waals surface area contributed by atoms with Gasteiger partial charge < -0.3 is 4.74 Å². The summed E-state index contributed by atoms with van der Waals surface area (Å²) >= 11 is 0. The van der Waals surface area contributed by atoms with Crippen LogP contribution in [0.1, 0.15) is 25.2 Å². The van der Waals surface area contributed by atoms with Crippen molar-refractivity contribution >= 4 is 0 Å². The Morgan fingerprint density at radius 3 is 2.89 bits per heavy atom. The van der Waals surface area contributed by atoms with Crippen molar-refractivity contribution in [3.05, 3.63) is 42.0 Å². The predicted octanol–water partition coefficient (Wildman–Crippen LogP) is 2.38. The number of nitrogens with zero attached hydrogens (tertiary/aromatic N) is 4. The molecule has 0 aliphatic carbocycles. The summed E-state index contributed by atoms with van der Waals surface area (Å²) in [6, 6.07) is 9.27. The van der Waals surface area contributed by atoms with Crippen LogP contribution in [-0.4, -0.2) is 14.8 Å². The molecule has 0 bridgehead atoms. The molecule has 5 nitrogen and oxygen atoms in total. The summed E-state index contributed by atoms with van der Waals surface area (Å²) in [4.78, 5) is 4.18. The normalized spacial score (nSPS) is 10.4. The molecule has 0 amide bonds. The SMILES string of the molecule is CC(C)Cn1ncnc1COc1ccccc1C#N. The molecule has 1 heterocycles. The summed E-state index contributed by atoms with van der Waals surface area (Å²) in [7, 11) is 0. The minimum atomic E-state index is 0.311. The molecule has 5 heteroatoms. The van der Waals surface area contributed by atoms with Crippen molar-refractivity contribution in [2.45, 2.75) is 27.0 Å². The van der Waals surface area contributed by atoms with E-state index in [1.54, 1.807) is 12.1 Å². The lowest BCUT2D eigenvalue weighted by Crippen LogP contribution is -2.12. The van der Waals surface area contributed by atoms with E-state index in [4.69, 9.17) is 10.00 Å². The fourth-order valence-electron chi connectivity index (χ4n) is 1.73. The maximum absolute atomic E-state index is 8.99. The highest BCUT2D eigenvalue weighted by atomic mass is 16.5. The van der Waals surface area contributed by atoms with E-state index in [-0.39, 0.29) is 0 Å². The summed E-state index contributed by atoms with van der Waals surface area (Å²) < 4.78 is 7.48. The highest BCUT2D eigenvalue weighted by Gasteiger charge is 2.08. The van der Waals surface area contributed by atoms with Crippen LogP contribution in [0.25, 0.3) is 0 Å². The summed E-state index contributed by atoms with van der Waals surface area (Å²) in [6.45, 7) is 5.36. The van der Waals surface area contributed by atoms with E-state index in [2.05, 4.69) is 30.0 Å². The van der Waals surface area contributed by atoms with Crippen molar-refractivity contribution in [3.63, 3.8) is 0 Å². The summed E-state index contributed by atoms with van der Waals surface area (Å²) in [5.74, 6) is 1.83. The van der Waals surface area contributed by atoms with Gasteiger partial charge in [0.2, 0.25) is 0 Å². The van der Waals surface area contributed by atoms with E-state index in [1.807, 2.05) is 16.8 Å². The van der Waals surface area contributed by atoms with Crippen LogP contribution in [0.15, 0.2) is 30.6 Å². The quantitative estimate of drug-likeness (QED) is 0.824. The molecule has 0 saturated carbocycles. The van der Waals surface area contributed by atoms with Crippen LogP contribution in [0.5, 0.6) is 5.75 Å². The fourth-order valence-corrected chi connectivity index (χ4v) is 1.73. The van der Waals surface area contributed by atoms with Gasteiger partial charge in [0.15, 0.2) is 5.82 Å². The van der Waals surface area contributed by atoms with Gasteiger partial charge in [-0.3, -0.25) is 0 Å². The second-order valence-electron chi connectivity index (χ2n) is 4.65. The van der Waals surface area contributed by atoms with Crippen molar-refractivity contribution in [3.8, 4) is 11.8 Å². The molecule has 98 valence electrons. The first-order chi connectivity index (χ1) is 9.20. The number of aromatic nitrogens is 3. The molecule has 0 spiro atoms. The Labute approximate surface area is 112 Å². The van der Waals surface area contributed by atoms with Crippen LogP contribution in [0, 0.1) is 17.2 Å². The molecule has 0 saturated heterocycles. The maximum atomic E-state index is 8.99. The van der Waals surface area contributed by atoms with Crippen LogP contribution < -0.4 is 4.74 Å². The summed E-state index contributed by atoms with van der Waals surface area (Å²) in [6.07, 6.45) is 1.53. The molecule has 1 aromatic heterocycles. The van der Waals surface area contributed by atoms with E-state index in [9.17, 15) is 0 Å². The second kappa shape index (κ2) is 6.01. The van der Waals surface area contributed by atoms with E-state index in [1.165, 1.54) is 6.33 Å². The number of hydrogen-bond donors (Lipinski definition) is 0. The standard InChI is InChI=1S/C14H16N4O/c1-11(2)8-18-14(16-10-17-18)9-19-13-6-4-3-5-12(13)7-15/h3-6,10-11H,8-9H2,1-2H3. The zero-order valence-corrected chi connectivity index (χ0v) is 11.1. The Kier molecular flexibility index (Phi) is 4.14. The average Bonchev–Trinajstić information content (AvgIpc) is 2.83. The monoisotopic (exact) mass is 256 g/mol. The van der Waals surface area contributed by atoms with Gasteiger partial charge in [-0.25, -0.2) is 9.67 Å². The second-order valence-corrected chi connectivity index (χ2v) is 4.65. The minimum absolute atomic E-state index is 0.311. The smallest absolute Gasteiger partial charge is 0.164 e. The molecule has 0 radical (unpaired) electrons. The summed E-state index contributed by atoms with van der Waals surface area (Å²) in [5.41, 5.74) is 0.525. The van der Waals surface area contributed by atoms with Crippen LogP contribution in [-0.2, 0) is 13.2 Å². The van der Waals surface area contributed by atoms with Gasteiger partial charge in [-0.15, -0.1) is 0 Å². The first kappa shape index (κ1) is 13.1. The molecular formula is C14H16N4O. The van der Waals surface area contributed by atoms with Crippen molar-refractivity contribution in [2.75, 3.05) is 0 Å². The lowest BCUT2D eigenvalue weighted by molar-refractivity contribution is 0.282. The van der Waals surface area contributed by atoms with Crippen molar-refractivity contribution in [2.24, 2.45) is 5.92 Å². The molecule has 0 aliphatic rings. The Balaban J connectivity index is 2.07. The number of ether oxygens (including phenoxy) is 1. The van der Waals surface area contributed by atoms with E-state index >= 15 is 0 Å². The zero-order chi connectivity index (χ0) is 13.7. The number of benzene rings is 1. The van der Waals surface area contributed by atoms with Gasteiger partial charge in [-0.2, -0.15) is 10.4 Å². The average molecular weight is 256 g/mol.